The van der Waals surface area contributed by atoms with Crippen LogP contribution in [0, 0.1) is 12.7 Å². The van der Waals surface area contributed by atoms with Gasteiger partial charge in [-0.15, -0.1) is 0 Å². The van der Waals surface area contributed by atoms with E-state index >= 15 is 0 Å². The van der Waals surface area contributed by atoms with E-state index in [9.17, 15) is 9.18 Å². The fourth-order valence-corrected chi connectivity index (χ4v) is 1.62. The van der Waals surface area contributed by atoms with E-state index in [1.165, 1.54) is 23.1 Å². The molecular weight excluding hydrogens is 221 g/mol. The van der Waals surface area contributed by atoms with E-state index in [1.807, 2.05) is 0 Å². The number of carbonyl (C=O) groups is 1. The van der Waals surface area contributed by atoms with E-state index in [4.69, 9.17) is 0 Å². The van der Waals surface area contributed by atoms with Crippen molar-refractivity contribution in [3.05, 3.63) is 47.3 Å². The lowest BCUT2D eigenvalue weighted by molar-refractivity contribution is 0.0989. The van der Waals surface area contributed by atoms with Crippen molar-refractivity contribution in [1.29, 1.82) is 0 Å². The van der Waals surface area contributed by atoms with Gasteiger partial charge in [0, 0.05) is 12.6 Å². The lowest BCUT2D eigenvalue weighted by Gasteiger charge is -2.02. The molecule has 0 radical (unpaired) electrons. The van der Waals surface area contributed by atoms with Gasteiger partial charge < -0.3 is 0 Å². The molecule has 4 nitrogen and oxygen atoms in total. The predicted molar refractivity (Wildman–Crippen MR) is 60.2 cm³/mol. The number of rotatable bonds is 3. The normalized spacial score (nSPS) is 10.5. The second-order valence-electron chi connectivity index (χ2n) is 3.92. The van der Waals surface area contributed by atoms with E-state index in [0.29, 0.717) is 11.4 Å². The molecule has 0 saturated carbocycles. The van der Waals surface area contributed by atoms with Crippen LogP contribution in [0.2, 0.25) is 0 Å². The number of hydrogen-bond acceptors (Lipinski definition) is 3. The van der Waals surface area contributed by atoms with Gasteiger partial charge in [0.15, 0.2) is 5.78 Å². The Morgan fingerprint density at radius 1 is 1.41 bits per heavy atom. The third-order valence-electron chi connectivity index (χ3n) is 2.49. The van der Waals surface area contributed by atoms with Crippen molar-refractivity contribution < 1.29 is 9.18 Å². The third kappa shape index (κ3) is 2.55. The predicted octanol–water partition coefficient (Wildman–Crippen LogP) is 1.69. The first-order chi connectivity index (χ1) is 8.06. The van der Waals surface area contributed by atoms with Crippen LogP contribution in [0.15, 0.2) is 24.5 Å². The van der Waals surface area contributed by atoms with Crippen molar-refractivity contribution in [2.45, 2.75) is 13.3 Å². The van der Waals surface area contributed by atoms with Crippen LogP contribution in [0.1, 0.15) is 21.7 Å². The van der Waals surface area contributed by atoms with E-state index < -0.39 is 5.82 Å². The minimum Gasteiger partial charge on any atom is -0.294 e. The molecule has 0 unspecified atom stereocenters. The summed E-state index contributed by atoms with van der Waals surface area (Å²) in [6, 6.07) is 4.30. The quantitative estimate of drug-likeness (QED) is 0.758. The smallest absolute Gasteiger partial charge is 0.170 e. The molecule has 5 heteroatoms. The average Bonchev–Trinajstić information content (AvgIpc) is 2.63. The van der Waals surface area contributed by atoms with Gasteiger partial charge in [-0.1, -0.05) is 0 Å². The molecule has 0 aliphatic rings. The van der Waals surface area contributed by atoms with Gasteiger partial charge in [-0.2, -0.15) is 5.10 Å². The van der Waals surface area contributed by atoms with Crippen LogP contribution in [0.3, 0.4) is 0 Å². The standard InChI is InChI=1S/C12H12FN3O/c1-8-3-9(5-10(13)4-8)11(17)6-12-14-7-15-16(12)2/h3-5,7H,6H2,1-2H3. The highest BCUT2D eigenvalue weighted by Gasteiger charge is 2.12. The molecule has 0 bridgehead atoms. The van der Waals surface area contributed by atoms with Gasteiger partial charge in [0.1, 0.15) is 18.0 Å². The van der Waals surface area contributed by atoms with Crippen molar-refractivity contribution in [3.63, 3.8) is 0 Å². The average molecular weight is 233 g/mol. The number of aryl methyl sites for hydroxylation is 2. The molecule has 88 valence electrons. The molecule has 0 aliphatic heterocycles. The molecule has 1 aromatic heterocycles. The molecule has 0 spiro atoms. The monoisotopic (exact) mass is 233 g/mol. The summed E-state index contributed by atoms with van der Waals surface area (Å²) in [5.74, 6) is 0.00642. The van der Waals surface area contributed by atoms with E-state index in [1.54, 1.807) is 20.0 Å². The lowest BCUT2D eigenvalue weighted by atomic mass is 10.1. The number of ketones is 1. The molecule has 1 aromatic carbocycles. The zero-order valence-electron chi connectivity index (χ0n) is 9.64. The first kappa shape index (κ1) is 11.4. The van der Waals surface area contributed by atoms with Gasteiger partial charge in [0.2, 0.25) is 0 Å². The summed E-state index contributed by atoms with van der Waals surface area (Å²) in [7, 11) is 1.71. The molecule has 0 aliphatic carbocycles. The Morgan fingerprint density at radius 2 is 2.18 bits per heavy atom. The Balaban J connectivity index is 2.23. The maximum absolute atomic E-state index is 13.2. The van der Waals surface area contributed by atoms with E-state index in [2.05, 4.69) is 10.1 Å². The van der Waals surface area contributed by atoms with Gasteiger partial charge in [0.05, 0.1) is 6.42 Å². The number of aromatic nitrogens is 3. The highest BCUT2D eigenvalue weighted by molar-refractivity contribution is 5.97. The van der Waals surface area contributed by atoms with Gasteiger partial charge in [-0.05, 0) is 30.7 Å². The first-order valence-corrected chi connectivity index (χ1v) is 5.19. The zero-order chi connectivity index (χ0) is 12.4. The lowest BCUT2D eigenvalue weighted by Crippen LogP contribution is -2.09. The molecule has 0 saturated heterocycles. The van der Waals surface area contributed by atoms with Crippen molar-refractivity contribution in [2.24, 2.45) is 7.05 Å². The maximum atomic E-state index is 13.2. The molecule has 0 fully saturated rings. The largest absolute Gasteiger partial charge is 0.294 e. The first-order valence-electron chi connectivity index (χ1n) is 5.19. The molecule has 17 heavy (non-hydrogen) atoms. The second-order valence-corrected chi connectivity index (χ2v) is 3.92. The molecule has 0 N–H and O–H groups in total. The number of halogens is 1. The molecule has 0 amide bonds. The van der Waals surface area contributed by atoms with Crippen LogP contribution < -0.4 is 0 Å². The Morgan fingerprint density at radius 3 is 2.76 bits per heavy atom. The van der Waals surface area contributed by atoms with Gasteiger partial charge in [0.25, 0.3) is 0 Å². The highest BCUT2D eigenvalue weighted by atomic mass is 19.1. The molecule has 0 atom stereocenters. The van der Waals surface area contributed by atoms with E-state index in [0.717, 1.165) is 5.56 Å². The number of Topliss-reactive ketones (excluding diaryl/α,β-unsaturated/α-hetero) is 1. The number of nitrogens with zero attached hydrogens (tertiary/aromatic N) is 3. The van der Waals surface area contributed by atoms with Crippen molar-refractivity contribution >= 4 is 5.78 Å². The Bertz CT molecular complexity index is 542. The Kier molecular flexibility index (Phi) is 2.99. The minimum absolute atomic E-state index is 0.124. The van der Waals surface area contributed by atoms with Crippen LogP contribution in [0.25, 0.3) is 0 Å². The molecule has 2 rings (SSSR count). The summed E-state index contributed by atoms with van der Waals surface area (Å²) in [5.41, 5.74) is 1.09. The van der Waals surface area contributed by atoms with Gasteiger partial charge in [-0.3, -0.25) is 9.48 Å². The van der Waals surface area contributed by atoms with Crippen molar-refractivity contribution in [3.8, 4) is 0 Å². The van der Waals surface area contributed by atoms with Crippen LogP contribution >= 0.6 is 0 Å². The number of carbonyl (C=O) groups excluding carboxylic acids is 1. The summed E-state index contributed by atoms with van der Waals surface area (Å²) in [6.07, 6.45) is 1.51. The highest BCUT2D eigenvalue weighted by Crippen LogP contribution is 2.11. The molecular formula is C12H12FN3O. The number of hydrogen-bond donors (Lipinski definition) is 0. The second kappa shape index (κ2) is 4.45. The summed E-state index contributed by atoms with van der Waals surface area (Å²) in [5, 5.41) is 3.88. The van der Waals surface area contributed by atoms with Crippen LogP contribution in [-0.2, 0) is 13.5 Å². The topological polar surface area (TPSA) is 47.8 Å². The van der Waals surface area contributed by atoms with Crippen LogP contribution in [0.4, 0.5) is 4.39 Å². The number of benzene rings is 1. The SMILES string of the molecule is Cc1cc(F)cc(C(=O)Cc2ncnn2C)c1. The van der Waals surface area contributed by atoms with Crippen LogP contribution in [0.5, 0.6) is 0 Å². The van der Waals surface area contributed by atoms with E-state index in [-0.39, 0.29) is 12.2 Å². The summed E-state index contributed by atoms with van der Waals surface area (Å²) in [6.45, 7) is 1.75. The van der Waals surface area contributed by atoms with Gasteiger partial charge >= 0.3 is 0 Å². The van der Waals surface area contributed by atoms with Crippen LogP contribution in [-0.4, -0.2) is 20.5 Å². The Hall–Kier alpha value is -2.04. The Labute approximate surface area is 98.1 Å². The summed E-state index contributed by atoms with van der Waals surface area (Å²) < 4.78 is 14.7. The zero-order valence-corrected chi connectivity index (χ0v) is 9.64. The summed E-state index contributed by atoms with van der Waals surface area (Å²) in [4.78, 5) is 15.9. The summed E-state index contributed by atoms with van der Waals surface area (Å²) >= 11 is 0. The van der Waals surface area contributed by atoms with Crippen molar-refractivity contribution in [1.82, 2.24) is 14.8 Å². The molecule has 2 aromatic rings. The maximum Gasteiger partial charge on any atom is 0.170 e. The van der Waals surface area contributed by atoms with Crippen molar-refractivity contribution in [2.75, 3.05) is 0 Å². The molecule has 1 heterocycles. The third-order valence-corrected chi connectivity index (χ3v) is 2.49. The fraction of sp³-hybridized carbons (Fsp3) is 0.250. The van der Waals surface area contributed by atoms with Gasteiger partial charge in [-0.25, -0.2) is 9.37 Å². The fourth-order valence-electron chi connectivity index (χ4n) is 1.62. The minimum atomic E-state index is -0.397.